The molecule has 0 aliphatic carbocycles. The highest BCUT2D eigenvalue weighted by atomic mass is 32.1. The standard InChI is InChI=1S/C15H23N3OS/c20-15(16-12-14-4-3-11-19-14)18-9-5-13(6-10-18)17-7-1-2-8-17/h1-2,7-8,13-14H,3-6,9-12H2,(H,16,20)/t14-/m0/s1. The van der Waals surface area contributed by atoms with Gasteiger partial charge in [-0.2, -0.15) is 0 Å². The summed E-state index contributed by atoms with van der Waals surface area (Å²) >= 11 is 5.50. The van der Waals surface area contributed by atoms with E-state index in [1.54, 1.807) is 0 Å². The minimum absolute atomic E-state index is 0.352. The first-order valence-electron chi connectivity index (χ1n) is 7.60. The number of hydrogen-bond donors (Lipinski definition) is 1. The number of aromatic nitrogens is 1. The summed E-state index contributed by atoms with van der Waals surface area (Å²) in [6.45, 7) is 3.85. The van der Waals surface area contributed by atoms with Crippen molar-refractivity contribution < 1.29 is 4.74 Å². The van der Waals surface area contributed by atoms with E-state index in [2.05, 4.69) is 39.3 Å². The van der Waals surface area contributed by atoms with Gasteiger partial charge in [-0.1, -0.05) is 0 Å². The zero-order valence-electron chi connectivity index (χ0n) is 11.8. The second-order valence-corrected chi connectivity index (χ2v) is 6.06. The Labute approximate surface area is 126 Å². The van der Waals surface area contributed by atoms with E-state index in [0.29, 0.717) is 12.1 Å². The van der Waals surface area contributed by atoms with Gasteiger partial charge in [-0.05, 0) is 50.0 Å². The van der Waals surface area contributed by atoms with Crippen LogP contribution in [0.5, 0.6) is 0 Å². The molecule has 1 aromatic rings. The molecule has 0 amide bonds. The first-order chi connectivity index (χ1) is 9.83. The number of rotatable bonds is 3. The maximum absolute atomic E-state index is 5.61. The summed E-state index contributed by atoms with van der Waals surface area (Å²) in [5.41, 5.74) is 0. The lowest BCUT2D eigenvalue weighted by Crippen LogP contribution is -2.46. The number of hydrogen-bond acceptors (Lipinski definition) is 2. The lowest BCUT2D eigenvalue weighted by molar-refractivity contribution is 0.113. The Bertz CT molecular complexity index is 420. The fourth-order valence-corrected chi connectivity index (χ4v) is 3.34. The van der Waals surface area contributed by atoms with Gasteiger partial charge >= 0.3 is 0 Å². The van der Waals surface area contributed by atoms with E-state index in [9.17, 15) is 0 Å². The average Bonchev–Trinajstić information content (AvgIpc) is 3.18. The Morgan fingerprint density at radius 3 is 2.60 bits per heavy atom. The molecule has 2 aliphatic heterocycles. The second kappa shape index (κ2) is 6.59. The Kier molecular flexibility index (Phi) is 4.58. The minimum atomic E-state index is 0.352. The van der Waals surface area contributed by atoms with Gasteiger partial charge in [-0.25, -0.2) is 0 Å². The van der Waals surface area contributed by atoms with Crippen molar-refractivity contribution in [1.82, 2.24) is 14.8 Å². The molecule has 0 radical (unpaired) electrons. The van der Waals surface area contributed by atoms with Crippen molar-refractivity contribution in [3.8, 4) is 0 Å². The number of thiocarbonyl (C=S) groups is 1. The monoisotopic (exact) mass is 293 g/mol. The third-order valence-electron chi connectivity index (χ3n) is 4.31. The highest BCUT2D eigenvalue weighted by Gasteiger charge is 2.22. The predicted octanol–water partition coefficient (Wildman–Crippen LogP) is 2.18. The van der Waals surface area contributed by atoms with Gasteiger partial charge in [0, 0.05) is 44.7 Å². The number of nitrogens with one attached hydrogen (secondary N) is 1. The summed E-state index contributed by atoms with van der Waals surface area (Å²) < 4.78 is 7.93. The van der Waals surface area contributed by atoms with Gasteiger partial charge in [0.25, 0.3) is 0 Å². The number of ether oxygens (including phenoxy) is 1. The summed E-state index contributed by atoms with van der Waals surface area (Å²) in [6.07, 6.45) is 9.34. The van der Waals surface area contributed by atoms with Gasteiger partial charge in [0.05, 0.1) is 6.10 Å². The van der Waals surface area contributed by atoms with E-state index >= 15 is 0 Å². The third kappa shape index (κ3) is 3.33. The molecular weight excluding hydrogens is 270 g/mol. The predicted molar refractivity (Wildman–Crippen MR) is 83.9 cm³/mol. The molecule has 0 unspecified atom stereocenters. The summed E-state index contributed by atoms with van der Waals surface area (Å²) in [6, 6.07) is 4.82. The lowest BCUT2D eigenvalue weighted by Gasteiger charge is -2.34. The van der Waals surface area contributed by atoms with E-state index < -0.39 is 0 Å². The molecule has 1 N–H and O–H groups in total. The van der Waals surface area contributed by atoms with Crippen molar-refractivity contribution in [3.05, 3.63) is 24.5 Å². The molecule has 1 atom stereocenters. The summed E-state index contributed by atoms with van der Waals surface area (Å²) in [5, 5.41) is 4.26. The van der Waals surface area contributed by atoms with E-state index in [1.165, 1.54) is 6.42 Å². The summed E-state index contributed by atoms with van der Waals surface area (Å²) in [5.74, 6) is 0. The molecule has 5 heteroatoms. The molecule has 1 aromatic heterocycles. The van der Waals surface area contributed by atoms with Gasteiger partial charge in [0.1, 0.15) is 0 Å². The first kappa shape index (κ1) is 13.9. The summed E-state index contributed by atoms with van der Waals surface area (Å²) in [4.78, 5) is 2.30. The summed E-state index contributed by atoms with van der Waals surface area (Å²) in [7, 11) is 0. The number of likely N-dealkylation sites (tertiary alicyclic amines) is 1. The highest BCUT2D eigenvalue weighted by Crippen LogP contribution is 2.22. The fourth-order valence-electron chi connectivity index (χ4n) is 3.08. The van der Waals surface area contributed by atoms with E-state index in [1.807, 2.05) is 0 Å². The molecule has 2 saturated heterocycles. The van der Waals surface area contributed by atoms with Gasteiger partial charge in [-0.15, -0.1) is 0 Å². The van der Waals surface area contributed by atoms with Crippen LogP contribution in [0.1, 0.15) is 31.7 Å². The van der Waals surface area contributed by atoms with Crippen molar-refractivity contribution in [2.75, 3.05) is 26.2 Å². The third-order valence-corrected chi connectivity index (χ3v) is 4.71. The topological polar surface area (TPSA) is 29.4 Å². The quantitative estimate of drug-likeness (QED) is 0.865. The van der Waals surface area contributed by atoms with E-state index in [4.69, 9.17) is 17.0 Å². The Morgan fingerprint density at radius 1 is 1.20 bits per heavy atom. The van der Waals surface area contributed by atoms with Crippen LogP contribution < -0.4 is 5.32 Å². The molecule has 0 spiro atoms. The SMILES string of the molecule is S=C(NC[C@@H]1CCCO1)N1CCC(n2cccc2)CC1. The molecule has 0 aromatic carbocycles. The molecular formula is C15H23N3OS. The van der Waals surface area contributed by atoms with Gasteiger partial charge < -0.3 is 19.5 Å². The van der Waals surface area contributed by atoms with Crippen LogP contribution in [0.2, 0.25) is 0 Å². The first-order valence-corrected chi connectivity index (χ1v) is 8.00. The molecule has 3 rings (SSSR count). The minimum Gasteiger partial charge on any atom is -0.376 e. The molecule has 110 valence electrons. The van der Waals surface area contributed by atoms with Crippen LogP contribution in [0.4, 0.5) is 0 Å². The zero-order chi connectivity index (χ0) is 13.8. The van der Waals surface area contributed by atoms with Crippen LogP contribution in [0, 0.1) is 0 Å². The van der Waals surface area contributed by atoms with Crippen molar-refractivity contribution in [2.45, 2.75) is 37.8 Å². The van der Waals surface area contributed by atoms with Crippen molar-refractivity contribution >= 4 is 17.3 Å². The van der Waals surface area contributed by atoms with E-state index in [0.717, 1.165) is 50.6 Å². The zero-order valence-corrected chi connectivity index (χ0v) is 12.6. The molecule has 20 heavy (non-hydrogen) atoms. The van der Waals surface area contributed by atoms with Crippen LogP contribution in [0.15, 0.2) is 24.5 Å². The fraction of sp³-hybridized carbons (Fsp3) is 0.667. The Balaban J connectivity index is 1.42. The average molecular weight is 293 g/mol. The Morgan fingerprint density at radius 2 is 1.95 bits per heavy atom. The molecule has 2 fully saturated rings. The molecule has 0 saturated carbocycles. The Hall–Kier alpha value is -1.07. The van der Waals surface area contributed by atoms with Gasteiger partial charge in [0.15, 0.2) is 5.11 Å². The highest BCUT2D eigenvalue weighted by molar-refractivity contribution is 7.80. The molecule has 4 nitrogen and oxygen atoms in total. The van der Waals surface area contributed by atoms with Crippen LogP contribution in [-0.2, 0) is 4.74 Å². The van der Waals surface area contributed by atoms with Crippen LogP contribution in [0.25, 0.3) is 0 Å². The lowest BCUT2D eigenvalue weighted by atomic mass is 10.1. The number of piperidine rings is 1. The van der Waals surface area contributed by atoms with Crippen molar-refractivity contribution in [1.29, 1.82) is 0 Å². The largest absolute Gasteiger partial charge is 0.376 e. The van der Waals surface area contributed by atoms with Crippen LogP contribution >= 0.6 is 12.2 Å². The smallest absolute Gasteiger partial charge is 0.169 e. The molecule has 3 heterocycles. The maximum Gasteiger partial charge on any atom is 0.169 e. The molecule has 0 bridgehead atoms. The second-order valence-electron chi connectivity index (χ2n) is 5.67. The normalized spacial score (nSPS) is 24.0. The van der Waals surface area contributed by atoms with E-state index in [-0.39, 0.29) is 0 Å². The van der Waals surface area contributed by atoms with Crippen molar-refractivity contribution in [2.24, 2.45) is 0 Å². The molecule has 2 aliphatic rings. The maximum atomic E-state index is 5.61. The van der Waals surface area contributed by atoms with Crippen LogP contribution in [0.3, 0.4) is 0 Å². The van der Waals surface area contributed by atoms with Crippen molar-refractivity contribution in [3.63, 3.8) is 0 Å². The van der Waals surface area contributed by atoms with Crippen LogP contribution in [-0.4, -0.2) is 46.9 Å². The number of nitrogens with zero attached hydrogens (tertiary/aromatic N) is 2. The van der Waals surface area contributed by atoms with Gasteiger partial charge in [0.2, 0.25) is 0 Å². The van der Waals surface area contributed by atoms with Gasteiger partial charge in [-0.3, -0.25) is 0 Å².